The van der Waals surface area contributed by atoms with Crippen molar-refractivity contribution in [2.75, 3.05) is 19.6 Å². The van der Waals surface area contributed by atoms with Gasteiger partial charge < -0.3 is 25.4 Å². The van der Waals surface area contributed by atoms with E-state index in [2.05, 4.69) is 43.7 Å². The van der Waals surface area contributed by atoms with Gasteiger partial charge in [0.05, 0.1) is 6.67 Å². The van der Waals surface area contributed by atoms with Crippen molar-refractivity contribution in [2.24, 2.45) is 5.92 Å². The molecule has 5 rings (SSSR count). The van der Waals surface area contributed by atoms with Gasteiger partial charge in [0.15, 0.2) is 0 Å². The summed E-state index contributed by atoms with van der Waals surface area (Å²) in [6, 6.07) is 4.79. The fraction of sp³-hybridized carbons (Fsp3) is 0.658. The Kier molecular flexibility index (Phi) is 12.9. The molecule has 3 fully saturated rings. The average molecular weight is 677 g/mol. The third-order valence-electron chi connectivity index (χ3n) is 10.8. The fourth-order valence-electron chi connectivity index (χ4n) is 7.59. The van der Waals surface area contributed by atoms with Gasteiger partial charge in [0.2, 0.25) is 23.6 Å². The number of nitrogens with zero attached hydrogens (tertiary/aromatic N) is 3. The van der Waals surface area contributed by atoms with Gasteiger partial charge in [0.25, 0.3) is 0 Å². The van der Waals surface area contributed by atoms with Crippen LogP contribution in [0.3, 0.4) is 0 Å². The molecule has 268 valence electrons. The second-order valence-corrected chi connectivity index (χ2v) is 14.3. The number of nitrogens with one attached hydrogen (secondary N) is 3. The summed E-state index contributed by atoms with van der Waals surface area (Å²) >= 11 is 0. The van der Waals surface area contributed by atoms with E-state index in [4.69, 9.17) is 0 Å². The summed E-state index contributed by atoms with van der Waals surface area (Å²) in [5.41, 5.74) is 2.01. The Hall–Kier alpha value is -3.73. The number of fused-ring (bicyclic) bond motifs is 2. The number of Topliss-reactive ketones (excluding diaryl/α,β-unsaturated/α-hetero) is 1. The van der Waals surface area contributed by atoms with E-state index in [1.165, 1.54) is 12.8 Å². The molecule has 0 bridgehead atoms. The first-order chi connectivity index (χ1) is 23.7. The number of benzene rings is 1. The van der Waals surface area contributed by atoms with E-state index >= 15 is 0 Å². The van der Waals surface area contributed by atoms with Crippen LogP contribution in [0.5, 0.6) is 0 Å². The molecular weight excluding hydrogens is 620 g/mol. The van der Waals surface area contributed by atoms with Crippen molar-refractivity contribution in [3.63, 3.8) is 0 Å². The van der Waals surface area contributed by atoms with E-state index in [0.717, 1.165) is 61.9 Å². The van der Waals surface area contributed by atoms with Gasteiger partial charge >= 0.3 is 0 Å². The number of rotatable bonds is 13. The fourth-order valence-corrected chi connectivity index (χ4v) is 7.59. The van der Waals surface area contributed by atoms with E-state index in [-0.39, 0.29) is 29.9 Å². The molecule has 5 atom stereocenters. The zero-order valence-electron chi connectivity index (χ0n) is 29.7. The smallest absolute Gasteiger partial charge is 0.246 e. The number of amides is 4. The highest BCUT2D eigenvalue weighted by atomic mass is 16.2. The SMILES string of the molecule is CCC(=O)CCCCC[C@@H]1NC(=O)[C@H]2CCCCN2C(=O)[C@H](C(C)CC)NC(=O)[C@H](Cc2cn(CN3CCCC3)c3ccccc23)NC1=O. The summed E-state index contributed by atoms with van der Waals surface area (Å²) in [5.74, 6) is -1.34. The summed E-state index contributed by atoms with van der Waals surface area (Å²) in [4.78, 5) is 72.2. The second kappa shape index (κ2) is 17.3. The van der Waals surface area contributed by atoms with Crippen LogP contribution in [-0.2, 0) is 37.1 Å². The highest BCUT2D eigenvalue weighted by molar-refractivity contribution is 5.98. The van der Waals surface area contributed by atoms with Crippen LogP contribution in [0, 0.1) is 5.92 Å². The molecule has 1 aromatic carbocycles. The monoisotopic (exact) mass is 676 g/mol. The summed E-state index contributed by atoms with van der Waals surface area (Å²) in [6.07, 6.45) is 10.9. The molecule has 0 radical (unpaired) electrons. The Morgan fingerprint density at radius 1 is 0.857 bits per heavy atom. The Morgan fingerprint density at radius 3 is 2.33 bits per heavy atom. The van der Waals surface area contributed by atoms with Crippen molar-refractivity contribution < 1.29 is 24.0 Å². The molecule has 2 aromatic rings. The number of piperidine rings is 1. The number of para-hydroxylation sites is 1. The molecule has 3 aliphatic heterocycles. The number of ketones is 1. The Bertz CT molecular complexity index is 1480. The lowest BCUT2D eigenvalue weighted by atomic mass is 9.93. The van der Waals surface area contributed by atoms with Crippen molar-refractivity contribution >= 4 is 40.3 Å². The molecule has 4 heterocycles. The normalized spacial score (nSPS) is 24.8. The third-order valence-corrected chi connectivity index (χ3v) is 10.8. The van der Waals surface area contributed by atoms with Crippen LogP contribution in [0.1, 0.15) is 103 Å². The van der Waals surface area contributed by atoms with Crippen LogP contribution in [0.25, 0.3) is 10.9 Å². The first-order valence-corrected chi connectivity index (χ1v) is 18.7. The highest BCUT2D eigenvalue weighted by Crippen LogP contribution is 2.26. The quantitative estimate of drug-likeness (QED) is 0.274. The molecule has 0 aliphatic carbocycles. The minimum atomic E-state index is -0.962. The largest absolute Gasteiger partial charge is 0.343 e. The number of hydrogen-bond donors (Lipinski definition) is 3. The lowest BCUT2D eigenvalue weighted by Gasteiger charge is -2.39. The van der Waals surface area contributed by atoms with Gasteiger partial charge in [-0.25, -0.2) is 0 Å². The topological polar surface area (TPSA) is 133 Å². The van der Waals surface area contributed by atoms with Gasteiger partial charge in [0.1, 0.15) is 30.0 Å². The van der Waals surface area contributed by atoms with Gasteiger partial charge in [-0.15, -0.1) is 0 Å². The van der Waals surface area contributed by atoms with E-state index < -0.39 is 36.0 Å². The molecular formula is C38H56N6O5. The number of carbonyl (C=O) groups is 5. The maximum Gasteiger partial charge on any atom is 0.246 e. The number of unbranched alkanes of at least 4 members (excludes halogenated alkanes) is 2. The maximum atomic E-state index is 14.3. The molecule has 3 N–H and O–H groups in total. The van der Waals surface area contributed by atoms with E-state index in [1.807, 2.05) is 32.9 Å². The van der Waals surface area contributed by atoms with Crippen molar-refractivity contribution in [2.45, 2.75) is 135 Å². The Labute approximate surface area is 290 Å². The van der Waals surface area contributed by atoms with Crippen molar-refractivity contribution in [3.05, 3.63) is 36.0 Å². The highest BCUT2D eigenvalue weighted by Gasteiger charge is 2.41. The molecule has 1 unspecified atom stereocenters. The zero-order valence-corrected chi connectivity index (χ0v) is 29.7. The summed E-state index contributed by atoms with van der Waals surface area (Å²) in [5, 5.41) is 10.1. The third kappa shape index (κ3) is 9.09. The molecule has 4 amide bonds. The molecule has 11 nitrogen and oxygen atoms in total. The van der Waals surface area contributed by atoms with Crippen LogP contribution in [0.2, 0.25) is 0 Å². The molecule has 0 spiro atoms. The Balaban J connectivity index is 1.45. The van der Waals surface area contributed by atoms with Gasteiger partial charge in [0, 0.05) is 42.9 Å². The number of carbonyl (C=O) groups excluding carboxylic acids is 5. The van der Waals surface area contributed by atoms with Crippen molar-refractivity contribution in [3.8, 4) is 0 Å². The van der Waals surface area contributed by atoms with E-state index in [1.54, 1.807) is 4.90 Å². The van der Waals surface area contributed by atoms with Gasteiger partial charge in [-0.2, -0.15) is 0 Å². The Morgan fingerprint density at radius 2 is 1.57 bits per heavy atom. The van der Waals surface area contributed by atoms with Gasteiger partial charge in [-0.05, 0) is 75.6 Å². The maximum absolute atomic E-state index is 14.3. The van der Waals surface area contributed by atoms with Gasteiger partial charge in [-0.3, -0.25) is 28.9 Å². The number of likely N-dealkylation sites (tertiary alicyclic amines) is 1. The van der Waals surface area contributed by atoms with Crippen molar-refractivity contribution in [1.29, 1.82) is 0 Å². The molecule has 3 aliphatic rings. The predicted molar refractivity (Wildman–Crippen MR) is 189 cm³/mol. The van der Waals surface area contributed by atoms with Crippen LogP contribution in [0.15, 0.2) is 30.5 Å². The second-order valence-electron chi connectivity index (χ2n) is 14.3. The van der Waals surface area contributed by atoms with Crippen LogP contribution < -0.4 is 16.0 Å². The molecule has 1 aromatic heterocycles. The van der Waals surface area contributed by atoms with Crippen LogP contribution in [0.4, 0.5) is 0 Å². The zero-order chi connectivity index (χ0) is 34.9. The molecule has 49 heavy (non-hydrogen) atoms. The lowest BCUT2D eigenvalue weighted by molar-refractivity contribution is -0.147. The van der Waals surface area contributed by atoms with Crippen LogP contribution in [-0.4, -0.2) is 87.6 Å². The van der Waals surface area contributed by atoms with E-state index in [0.29, 0.717) is 45.1 Å². The summed E-state index contributed by atoms with van der Waals surface area (Å²) in [6.45, 7) is 9.07. The first-order valence-electron chi connectivity index (χ1n) is 18.7. The minimum Gasteiger partial charge on any atom is -0.343 e. The predicted octanol–water partition coefficient (Wildman–Crippen LogP) is 4.06. The lowest BCUT2D eigenvalue weighted by Crippen LogP contribution is -2.64. The molecule has 0 saturated carbocycles. The standard InChI is InChI=1S/C38H56N6O5/c1-4-26(3)34-38(49)44-22-12-11-19-33(44)37(48)39-30(17-8-6-7-15-28(45)5-2)35(46)40-31(36(47)41-34)23-27-24-43(25-42-20-13-14-21-42)32-18-10-9-16-29(27)32/h9-10,16,18,24,26,30-31,33-34H,4-8,11-15,17,19-23,25H2,1-3H3,(H,39,48)(H,40,46)(H,41,47)/t26?,30-,31-,33+,34-/m0/s1. The van der Waals surface area contributed by atoms with Crippen molar-refractivity contribution in [1.82, 2.24) is 30.3 Å². The minimum absolute atomic E-state index is 0.170. The van der Waals surface area contributed by atoms with E-state index in [9.17, 15) is 24.0 Å². The van der Waals surface area contributed by atoms with Crippen LogP contribution >= 0.6 is 0 Å². The average Bonchev–Trinajstić information content (AvgIpc) is 3.76. The van der Waals surface area contributed by atoms with Gasteiger partial charge in [-0.1, -0.05) is 58.2 Å². The molecule has 3 saturated heterocycles. The number of hydrogen-bond acceptors (Lipinski definition) is 6. The molecule has 11 heteroatoms. The first kappa shape index (κ1) is 36.5. The summed E-state index contributed by atoms with van der Waals surface area (Å²) < 4.78 is 2.22. The number of aromatic nitrogens is 1. The summed E-state index contributed by atoms with van der Waals surface area (Å²) in [7, 11) is 0.